The lowest BCUT2D eigenvalue weighted by atomic mass is 9.94. The number of aliphatic carboxylic acids is 4. The maximum Gasteiger partial charge on any atom is 0.513 e. The van der Waals surface area contributed by atoms with Crippen molar-refractivity contribution in [3.63, 3.8) is 0 Å². The van der Waals surface area contributed by atoms with Crippen molar-refractivity contribution in [3.8, 4) is 5.75 Å². The molecule has 31 heteroatoms. The largest absolute Gasteiger partial charge is 0.513 e. The number of alkyl halides is 1. The second-order valence-corrected chi connectivity index (χ2v) is 26.8. The van der Waals surface area contributed by atoms with Crippen LogP contribution in [-0.2, 0) is 46.5 Å². The second kappa shape index (κ2) is 33.1. The Morgan fingerprint density at radius 3 is 2.16 bits per heavy atom. The van der Waals surface area contributed by atoms with Crippen LogP contribution < -0.4 is 36.9 Å². The number of halogens is 1. The van der Waals surface area contributed by atoms with Crippen LogP contribution in [0.4, 0.5) is 22.1 Å². The number of nitrogens with two attached hydrogens (primary N) is 1. The number of Topliss-reactive ketones (excluding diaryl/α,β-unsaturated/α-hetero) is 2. The second-order valence-electron chi connectivity index (χ2n) is 23.8. The molecule has 9 aromatic rings. The molecule has 0 fully saturated rings. The third-order valence-electron chi connectivity index (χ3n) is 16.8. The number of aromatic amines is 3. The molecule has 1 aliphatic heterocycles. The van der Waals surface area contributed by atoms with Crippen LogP contribution in [0.3, 0.4) is 0 Å². The summed E-state index contributed by atoms with van der Waals surface area (Å²) in [5.41, 5.74) is 10.6. The number of unbranched alkanes of at least 4 members (excludes halogenated alkanes) is 1. The van der Waals surface area contributed by atoms with Crippen LogP contribution in [0.1, 0.15) is 118 Å². The number of carboxylic acids is 4. The van der Waals surface area contributed by atoms with Gasteiger partial charge in [-0.1, -0.05) is 83.0 Å². The molecule has 12 N–H and O–H groups in total. The van der Waals surface area contributed by atoms with Gasteiger partial charge in [-0.3, -0.25) is 43.3 Å². The van der Waals surface area contributed by atoms with E-state index in [1.54, 1.807) is 41.3 Å². The molecule has 3 amide bonds. The first kappa shape index (κ1) is 71.9. The molecule has 528 valence electrons. The van der Waals surface area contributed by atoms with Crippen molar-refractivity contribution in [3.05, 3.63) is 160 Å². The molecule has 0 spiro atoms. The molecule has 5 atom stereocenters. The number of nitrogens with one attached hydrogen (secondary N) is 6. The van der Waals surface area contributed by atoms with E-state index in [9.17, 15) is 73.2 Å². The van der Waals surface area contributed by atoms with Crippen LogP contribution in [-0.4, -0.2) is 152 Å². The summed E-state index contributed by atoms with van der Waals surface area (Å²) in [6, 6.07) is 28.7. The highest BCUT2D eigenvalue weighted by molar-refractivity contribution is 8.76. The summed E-state index contributed by atoms with van der Waals surface area (Å²) in [7, 11) is 2.50. The van der Waals surface area contributed by atoms with E-state index in [4.69, 9.17) is 26.8 Å². The van der Waals surface area contributed by atoms with E-state index in [-0.39, 0.29) is 134 Å². The zero-order chi connectivity index (χ0) is 71.1. The molecular formula is C69H76ClN11O17S2. The van der Waals surface area contributed by atoms with Gasteiger partial charge in [0.05, 0.1) is 41.7 Å². The van der Waals surface area contributed by atoms with E-state index in [0.29, 0.717) is 39.4 Å². The molecule has 100 heavy (non-hydrogen) atoms. The summed E-state index contributed by atoms with van der Waals surface area (Å²) in [6.45, 7) is 0.289. The minimum Gasteiger partial charge on any atom is -0.481 e. The zero-order valence-corrected chi connectivity index (χ0v) is 55.7. The lowest BCUT2D eigenvalue weighted by molar-refractivity contribution is -0.145. The Kier molecular flexibility index (Phi) is 23.8. The lowest BCUT2D eigenvalue weighted by Crippen LogP contribution is -2.41. The van der Waals surface area contributed by atoms with Gasteiger partial charge < -0.3 is 66.5 Å². The van der Waals surface area contributed by atoms with Gasteiger partial charge in [0.1, 0.15) is 35.9 Å². The number of H-pyrrole nitrogens is 3. The van der Waals surface area contributed by atoms with Gasteiger partial charge in [0, 0.05) is 106 Å². The molecule has 0 saturated carbocycles. The number of fused-ring (bicyclic) bond motifs is 6. The minimum absolute atomic E-state index is 0. The Bertz CT molecular complexity index is 4670. The maximum absolute atomic E-state index is 14.4. The van der Waals surface area contributed by atoms with Crippen molar-refractivity contribution in [1.82, 2.24) is 40.5 Å². The molecule has 28 nitrogen and oxygen atoms in total. The smallest absolute Gasteiger partial charge is 0.481 e. The Labute approximate surface area is 587 Å². The normalized spacial score (nSPS) is 13.8. The number of carbonyl (C=O) groups excluding carboxylic acids is 6. The topological polar surface area (TPSA) is 439 Å². The van der Waals surface area contributed by atoms with Gasteiger partial charge in [-0.2, -0.15) is 4.98 Å². The van der Waals surface area contributed by atoms with E-state index in [1.807, 2.05) is 60.7 Å². The van der Waals surface area contributed by atoms with Crippen LogP contribution in [0.2, 0.25) is 0 Å². The quantitative estimate of drug-likeness (QED) is 0.00439. The van der Waals surface area contributed by atoms with Gasteiger partial charge in [-0.05, 0) is 96.8 Å². The summed E-state index contributed by atoms with van der Waals surface area (Å²) in [6.07, 6.45) is -1.09. The van der Waals surface area contributed by atoms with E-state index in [0.717, 1.165) is 32.8 Å². The molecular weight excluding hydrogens is 1350 g/mol. The van der Waals surface area contributed by atoms with Crippen molar-refractivity contribution in [2.75, 3.05) is 46.5 Å². The molecule has 0 saturated heterocycles. The van der Waals surface area contributed by atoms with E-state index >= 15 is 0 Å². The first-order chi connectivity index (χ1) is 48.1. The molecule has 10 rings (SSSR count). The van der Waals surface area contributed by atoms with Crippen molar-refractivity contribution in [2.24, 2.45) is 11.8 Å². The number of anilines is 3. The third kappa shape index (κ3) is 18.3. The highest BCUT2D eigenvalue weighted by Crippen LogP contribution is 2.46. The first-order valence-corrected chi connectivity index (χ1v) is 34.7. The van der Waals surface area contributed by atoms with Crippen LogP contribution in [0, 0.1) is 11.8 Å². The van der Waals surface area contributed by atoms with Crippen LogP contribution >= 0.6 is 33.2 Å². The average molecular weight is 1440 g/mol. The number of aromatic nitrogens is 6. The fourth-order valence-corrected chi connectivity index (χ4v) is 14.1. The molecule has 1 unspecified atom stereocenters. The van der Waals surface area contributed by atoms with Crippen LogP contribution in [0.15, 0.2) is 120 Å². The number of benzene rings is 5. The number of ketones is 2. The maximum atomic E-state index is 14.4. The standard InChI is InChI=1S/C69H68ClN11O17S2.4H2/c70-31-42-34-81(63(87)53-29-41-25-36(13-20-49(41)76-53)26-55(83)52-28-38-7-1-5-11-48(38)75-52)54-30-56(46-9-3-4-10-47(46)58(42)54)98-69(96)97-23-24-99-100-35-40(65(90)91)8-2-6-12-50(66(92)93)77-57(84)22-16-39(64(88)89)27-45(82)19-21-51(67(94)95)78-61(85)37-14-17-43(18-15-37)72-32-44-33-73-60-59(74-44)62(86)80-68(71)79-60;;;;/h1,3-5,7,9-11,13-15,17-18,20,25,28-30,33,39-40,42,50-51,72,75-76H,2,6,8,12,16,19,21-24,26-27,31-32,34-35H2,(H,77,84)(H,78,85)(H,88,89)(H,90,91)(H,92,93)(H,94,95)(H3,71,73,79,80,86);4*1H/t39-,40+,42?,50+,51+;;;;/m0..../s1/i;4*1+1. The lowest BCUT2D eigenvalue weighted by Gasteiger charge is -2.18. The fourth-order valence-electron chi connectivity index (χ4n) is 11.7. The number of hydrogen-bond donors (Lipinski definition) is 11. The molecule has 1 aliphatic rings. The number of carbonyl (C=O) groups is 10. The number of nitrogens with zero attached hydrogens (tertiary/aromatic N) is 4. The average Bonchev–Trinajstić information content (AvgIpc) is 1.57. The number of nitrogen functional groups attached to an aromatic ring is 1. The molecule has 5 heterocycles. The minimum atomic E-state index is -1.53. The van der Waals surface area contributed by atoms with Gasteiger partial charge >= 0.3 is 30.0 Å². The highest BCUT2D eigenvalue weighted by Gasteiger charge is 2.37. The summed E-state index contributed by atoms with van der Waals surface area (Å²) >= 11 is 6.55. The first-order valence-electron chi connectivity index (χ1n) is 31.7. The van der Waals surface area contributed by atoms with E-state index in [2.05, 4.69) is 45.9 Å². The third-order valence-corrected chi connectivity index (χ3v) is 19.7. The van der Waals surface area contributed by atoms with Crippen LogP contribution in [0.5, 0.6) is 5.75 Å². The summed E-state index contributed by atoms with van der Waals surface area (Å²) in [5, 5.41) is 50.4. The SMILES string of the molecule is Nc1nc2ncc(CNc3ccc(C(=O)N[C@H](CCC(=O)C[C@H](CCC(=O)N[C@H](CCCC[C@H](CSSCCOC(=O)Oc4cc5c(c6ccccc46)C(CCl)CN5C(=O)c4cc5cc(CC(=O)c6cc7ccccc7[nH]6)ccc5[nH]4)C(=O)O)C(=O)O)C(=O)O)C(=O)O)cc3)nc2c(=O)[nH]1.[2HH].[2HH].[2HH].[2HH]. The Hall–Kier alpha value is -10.8. The van der Waals surface area contributed by atoms with Gasteiger partial charge in [0.2, 0.25) is 11.9 Å². The van der Waals surface area contributed by atoms with Crippen molar-refractivity contribution in [1.29, 1.82) is 0 Å². The molecule has 0 bridgehead atoms. The molecule has 0 radical (unpaired) electrons. The van der Waals surface area contributed by atoms with Crippen LogP contribution in [0.25, 0.3) is 43.7 Å². The highest BCUT2D eigenvalue weighted by atomic mass is 35.5. The monoisotopic (exact) mass is 1430 g/mol. The number of carboxylic acid groups (broad SMARTS) is 4. The Balaban J connectivity index is 0.00000424. The van der Waals surface area contributed by atoms with Crippen molar-refractivity contribution >= 4 is 154 Å². The summed E-state index contributed by atoms with van der Waals surface area (Å²) < 4.78 is 11.2. The molecule has 4 aromatic heterocycles. The number of ether oxygens (including phenoxy) is 2. The van der Waals surface area contributed by atoms with Gasteiger partial charge in [-0.15, -0.1) is 11.6 Å². The Morgan fingerprint density at radius 2 is 1.42 bits per heavy atom. The Morgan fingerprint density at radius 1 is 0.720 bits per heavy atom. The van der Waals surface area contributed by atoms with E-state index < -0.39 is 96.4 Å². The zero-order valence-electron chi connectivity index (χ0n) is 53.3. The van der Waals surface area contributed by atoms with Crippen molar-refractivity contribution < 1.29 is 83.6 Å². The van der Waals surface area contributed by atoms with E-state index in [1.165, 1.54) is 39.9 Å². The fraction of sp³-hybridized carbons (Fsp3) is 0.304. The van der Waals surface area contributed by atoms with Crippen molar-refractivity contribution in [2.45, 2.75) is 88.8 Å². The molecule has 5 aromatic carbocycles. The predicted octanol–water partition coefficient (Wildman–Crippen LogP) is 10.2. The summed E-state index contributed by atoms with van der Waals surface area (Å²) in [4.78, 5) is 163. The predicted molar refractivity (Wildman–Crippen MR) is 382 cm³/mol. The van der Waals surface area contributed by atoms with Gasteiger partial charge in [0.25, 0.3) is 17.4 Å². The van der Waals surface area contributed by atoms with Gasteiger partial charge in [-0.25, -0.2) is 24.4 Å². The number of amides is 3. The summed E-state index contributed by atoms with van der Waals surface area (Å²) in [5.74, 6) is -9.76. The number of hydrogen-bond acceptors (Lipinski definition) is 20. The molecule has 0 aliphatic carbocycles. The number of para-hydroxylation sites is 1. The van der Waals surface area contributed by atoms with Gasteiger partial charge in [0.15, 0.2) is 16.9 Å². The number of rotatable bonds is 35.